The van der Waals surface area contributed by atoms with Gasteiger partial charge in [-0.1, -0.05) is 6.92 Å². The van der Waals surface area contributed by atoms with Gasteiger partial charge in [-0.15, -0.1) is 11.3 Å². The van der Waals surface area contributed by atoms with Crippen LogP contribution in [0.5, 0.6) is 0 Å². The number of hydrogen-bond acceptors (Lipinski definition) is 4. The molecule has 0 saturated heterocycles. The molecule has 1 heterocycles. The van der Waals surface area contributed by atoms with Crippen LogP contribution in [0.15, 0.2) is 5.38 Å². The summed E-state index contributed by atoms with van der Waals surface area (Å²) in [6.45, 7) is 5.98. The third kappa shape index (κ3) is 3.53. The number of aryl methyl sites for hydroxylation is 1. The smallest absolute Gasteiger partial charge is 0.240 e. The van der Waals surface area contributed by atoms with E-state index < -0.39 is 5.41 Å². The molecule has 0 radical (unpaired) electrons. The predicted molar refractivity (Wildman–Crippen MR) is 67.6 cm³/mol. The van der Waals surface area contributed by atoms with Gasteiger partial charge in [0.1, 0.15) is 5.41 Å². The molecule has 1 unspecified atom stereocenters. The van der Waals surface area contributed by atoms with Gasteiger partial charge in [-0.05, 0) is 20.3 Å². The van der Waals surface area contributed by atoms with Crippen molar-refractivity contribution >= 4 is 17.2 Å². The lowest BCUT2D eigenvalue weighted by molar-refractivity contribution is -0.127. The standard InChI is InChI=1S/C12H17N3OS/c1-4-12(3,8-13)11(16)14-6-5-10-7-17-9(2)15-10/h7H,4-6H2,1-3H3,(H,14,16). The highest BCUT2D eigenvalue weighted by molar-refractivity contribution is 7.09. The maximum absolute atomic E-state index is 11.8. The molecule has 0 saturated carbocycles. The molecule has 0 aliphatic rings. The number of rotatable bonds is 5. The van der Waals surface area contributed by atoms with Crippen LogP contribution in [0.3, 0.4) is 0 Å². The van der Waals surface area contributed by atoms with Gasteiger partial charge in [0.2, 0.25) is 5.91 Å². The molecule has 1 N–H and O–H groups in total. The van der Waals surface area contributed by atoms with E-state index in [4.69, 9.17) is 5.26 Å². The van der Waals surface area contributed by atoms with Gasteiger partial charge in [0.05, 0.1) is 16.8 Å². The fourth-order valence-electron chi connectivity index (χ4n) is 1.31. The number of hydrogen-bond donors (Lipinski definition) is 1. The van der Waals surface area contributed by atoms with Gasteiger partial charge in [-0.2, -0.15) is 5.26 Å². The number of aromatic nitrogens is 1. The molecule has 0 spiro atoms. The number of carbonyl (C=O) groups excluding carboxylic acids is 1. The molecular weight excluding hydrogens is 234 g/mol. The minimum absolute atomic E-state index is 0.200. The summed E-state index contributed by atoms with van der Waals surface area (Å²) in [5.74, 6) is -0.200. The van der Waals surface area contributed by atoms with Crippen LogP contribution in [0.2, 0.25) is 0 Å². The number of nitriles is 1. The van der Waals surface area contributed by atoms with Crippen molar-refractivity contribution in [2.24, 2.45) is 5.41 Å². The average Bonchev–Trinajstić information content (AvgIpc) is 2.74. The zero-order chi connectivity index (χ0) is 12.9. The highest BCUT2D eigenvalue weighted by atomic mass is 32.1. The van der Waals surface area contributed by atoms with Gasteiger partial charge in [0, 0.05) is 18.3 Å². The van der Waals surface area contributed by atoms with Crippen LogP contribution in [-0.4, -0.2) is 17.4 Å². The average molecular weight is 251 g/mol. The Morgan fingerprint density at radius 3 is 2.88 bits per heavy atom. The Kier molecular flexibility index (Phi) is 4.64. The second kappa shape index (κ2) is 5.78. The van der Waals surface area contributed by atoms with Crippen molar-refractivity contribution in [3.63, 3.8) is 0 Å². The van der Waals surface area contributed by atoms with Crippen LogP contribution >= 0.6 is 11.3 Å². The summed E-state index contributed by atoms with van der Waals surface area (Å²) in [6.07, 6.45) is 1.23. The van der Waals surface area contributed by atoms with Gasteiger partial charge < -0.3 is 5.32 Å². The largest absolute Gasteiger partial charge is 0.354 e. The summed E-state index contributed by atoms with van der Waals surface area (Å²) in [7, 11) is 0. The van der Waals surface area contributed by atoms with Crippen LogP contribution in [-0.2, 0) is 11.2 Å². The number of thiazole rings is 1. The van der Waals surface area contributed by atoms with Gasteiger partial charge in [0.25, 0.3) is 0 Å². The molecule has 5 heteroatoms. The van der Waals surface area contributed by atoms with E-state index in [1.54, 1.807) is 18.3 Å². The summed E-state index contributed by atoms with van der Waals surface area (Å²) in [4.78, 5) is 16.1. The van der Waals surface area contributed by atoms with E-state index >= 15 is 0 Å². The third-order valence-corrected chi connectivity index (χ3v) is 3.61. The maximum atomic E-state index is 11.8. The van der Waals surface area contributed by atoms with Gasteiger partial charge >= 0.3 is 0 Å². The summed E-state index contributed by atoms with van der Waals surface area (Å²) in [5.41, 5.74) is 0.0702. The normalized spacial score (nSPS) is 13.8. The van der Waals surface area contributed by atoms with E-state index in [-0.39, 0.29) is 5.91 Å². The van der Waals surface area contributed by atoms with Crippen LogP contribution in [0.4, 0.5) is 0 Å². The lowest BCUT2D eigenvalue weighted by atomic mass is 9.88. The summed E-state index contributed by atoms with van der Waals surface area (Å²) >= 11 is 1.60. The van der Waals surface area contributed by atoms with E-state index in [1.807, 2.05) is 19.2 Å². The Morgan fingerprint density at radius 1 is 1.71 bits per heavy atom. The summed E-state index contributed by atoms with van der Waals surface area (Å²) < 4.78 is 0. The van der Waals surface area contributed by atoms with Crippen molar-refractivity contribution in [2.75, 3.05) is 6.54 Å². The highest BCUT2D eigenvalue weighted by Crippen LogP contribution is 2.19. The maximum Gasteiger partial charge on any atom is 0.240 e. The molecule has 1 aromatic heterocycles. The number of amides is 1. The van der Waals surface area contributed by atoms with Crippen molar-refractivity contribution in [1.29, 1.82) is 5.26 Å². The molecule has 1 atom stereocenters. The quantitative estimate of drug-likeness (QED) is 0.871. The first-order valence-corrected chi connectivity index (χ1v) is 6.50. The molecule has 0 aliphatic heterocycles. The summed E-state index contributed by atoms with van der Waals surface area (Å²) in [6, 6.07) is 2.06. The molecule has 0 fully saturated rings. The zero-order valence-electron chi connectivity index (χ0n) is 10.4. The van der Waals surface area contributed by atoms with Gasteiger partial charge in [-0.3, -0.25) is 4.79 Å². The van der Waals surface area contributed by atoms with E-state index in [9.17, 15) is 4.79 Å². The van der Waals surface area contributed by atoms with Crippen molar-refractivity contribution in [2.45, 2.75) is 33.6 Å². The first kappa shape index (κ1) is 13.7. The van der Waals surface area contributed by atoms with Crippen molar-refractivity contribution < 1.29 is 4.79 Å². The van der Waals surface area contributed by atoms with Crippen LogP contribution < -0.4 is 5.32 Å². The molecule has 0 bridgehead atoms. The molecule has 0 aromatic carbocycles. The number of nitrogens with one attached hydrogen (secondary N) is 1. The SMILES string of the molecule is CCC(C)(C#N)C(=O)NCCc1csc(C)n1. The molecule has 17 heavy (non-hydrogen) atoms. The number of nitrogens with zero attached hydrogens (tertiary/aromatic N) is 2. The minimum Gasteiger partial charge on any atom is -0.354 e. The fraction of sp³-hybridized carbons (Fsp3) is 0.583. The number of carbonyl (C=O) groups is 1. The second-order valence-electron chi connectivity index (χ2n) is 4.16. The fourth-order valence-corrected chi connectivity index (χ4v) is 1.96. The molecule has 92 valence electrons. The molecule has 1 rings (SSSR count). The van der Waals surface area contributed by atoms with Crippen LogP contribution in [0.1, 0.15) is 31.0 Å². The van der Waals surface area contributed by atoms with Gasteiger partial charge in [-0.25, -0.2) is 4.98 Å². The third-order valence-electron chi connectivity index (χ3n) is 2.79. The van der Waals surface area contributed by atoms with Crippen molar-refractivity contribution in [3.8, 4) is 6.07 Å². The Balaban J connectivity index is 2.42. The first-order chi connectivity index (χ1) is 8.01. The molecule has 1 amide bonds. The topological polar surface area (TPSA) is 65.8 Å². The van der Waals surface area contributed by atoms with E-state index in [2.05, 4.69) is 16.4 Å². The highest BCUT2D eigenvalue weighted by Gasteiger charge is 2.30. The lowest BCUT2D eigenvalue weighted by Gasteiger charge is -2.18. The summed E-state index contributed by atoms with van der Waals surface area (Å²) in [5, 5.41) is 14.8. The van der Waals surface area contributed by atoms with Crippen LogP contribution in [0, 0.1) is 23.7 Å². The second-order valence-corrected chi connectivity index (χ2v) is 5.22. The van der Waals surface area contributed by atoms with E-state index in [0.717, 1.165) is 10.7 Å². The van der Waals surface area contributed by atoms with E-state index in [0.29, 0.717) is 19.4 Å². The molecular formula is C12H17N3OS. The Labute approximate surface area is 106 Å². The van der Waals surface area contributed by atoms with E-state index in [1.165, 1.54) is 0 Å². The van der Waals surface area contributed by atoms with Crippen molar-refractivity contribution in [3.05, 3.63) is 16.1 Å². The molecule has 0 aliphatic carbocycles. The Hall–Kier alpha value is -1.41. The van der Waals surface area contributed by atoms with Crippen LogP contribution in [0.25, 0.3) is 0 Å². The zero-order valence-corrected chi connectivity index (χ0v) is 11.2. The molecule has 1 aromatic rings. The minimum atomic E-state index is -0.919. The molecule has 4 nitrogen and oxygen atoms in total. The Bertz CT molecular complexity index is 435. The predicted octanol–water partition coefficient (Wildman–Crippen LogP) is 2.05. The lowest BCUT2D eigenvalue weighted by Crippen LogP contribution is -2.38. The van der Waals surface area contributed by atoms with Gasteiger partial charge in [0.15, 0.2) is 0 Å². The monoisotopic (exact) mass is 251 g/mol. The van der Waals surface area contributed by atoms with Crippen molar-refractivity contribution in [1.82, 2.24) is 10.3 Å². The Morgan fingerprint density at radius 2 is 2.41 bits per heavy atom. The first-order valence-electron chi connectivity index (χ1n) is 5.62.